The first kappa shape index (κ1) is 24.6. The lowest BCUT2D eigenvalue weighted by Gasteiger charge is -2.18. The van der Waals surface area contributed by atoms with Crippen molar-refractivity contribution < 1.29 is 14.3 Å². The van der Waals surface area contributed by atoms with E-state index in [4.69, 9.17) is 16.3 Å². The molecular formula is C23H30ClN3O4. The maximum Gasteiger partial charge on any atom is 0.259 e. The number of benzene rings is 1. The maximum atomic E-state index is 13.0. The molecule has 1 aromatic carbocycles. The molecule has 0 radical (unpaired) electrons. The van der Waals surface area contributed by atoms with Gasteiger partial charge in [0.25, 0.3) is 11.8 Å². The van der Waals surface area contributed by atoms with Crippen LogP contribution in [0.15, 0.2) is 41.5 Å². The van der Waals surface area contributed by atoms with Crippen molar-refractivity contribution in [3.05, 3.63) is 68.6 Å². The summed E-state index contributed by atoms with van der Waals surface area (Å²) in [5, 5.41) is 3.40. The molecule has 0 unspecified atom stereocenters. The van der Waals surface area contributed by atoms with Crippen LogP contribution in [0.3, 0.4) is 0 Å². The van der Waals surface area contributed by atoms with Gasteiger partial charge in [0.1, 0.15) is 11.1 Å². The summed E-state index contributed by atoms with van der Waals surface area (Å²) in [7, 11) is 3.23. The number of ether oxygens (including phenoxy) is 1. The van der Waals surface area contributed by atoms with E-state index in [1.54, 1.807) is 24.8 Å². The molecule has 1 heterocycles. The molecule has 0 aliphatic rings. The summed E-state index contributed by atoms with van der Waals surface area (Å²) in [4.78, 5) is 40.1. The summed E-state index contributed by atoms with van der Waals surface area (Å²) >= 11 is 5.99. The third-order valence-corrected chi connectivity index (χ3v) is 5.12. The number of hydrogen-bond donors (Lipinski definition) is 1. The zero-order valence-electron chi connectivity index (χ0n) is 18.3. The number of hydrogen-bond acceptors (Lipinski definition) is 4. The molecule has 0 aliphatic heterocycles. The van der Waals surface area contributed by atoms with Gasteiger partial charge in [0.2, 0.25) is 5.43 Å². The molecule has 168 valence electrons. The Balaban J connectivity index is 2.22. The first-order valence-corrected chi connectivity index (χ1v) is 10.8. The zero-order valence-corrected chi connectivity index (χ0v) is 19.1. The Morgan fingerprint density at radius 3 is 2.65 bits per heavy atom. The van der Waals surface area contributed by atoms with Crippen LogP contribution in [0.25, 0.3) is 0 Å². The van der Waals surface area contributed by atoms with Crippen LogP contribution in [0.4, 0.5) is 0 Å². The fourth-order valence-corrected chi connectivity index (χ4v) is 3.29. The minimum absolute atomic E-state index is 0.0165. The number of methoxy groups -OCH3 is 1. The summed E-state index contributed by atoms with van der Waals surface area (Å²) in [5.41, 5.74) is 0.336. The Kier molecular flexibility index (Phi) is 9.75. The predicted molar refractivity (Wildman–Crippen MR) is 122 cm³/mol. The summed E-state index contributed by atoms with van der Waals surface area (Å²) in [5.74, 6) is -0.901. The van der Waals surface area contributed by atoms with E-state index in [2.05, 4.69) is 5.32 Å². The Hall–Kier alpha value is -2.64. The molecule has 0 atom stereocenters. The van der Waals surface area contributed by atoms with E-state index in [-0.39, 0.29) is 11.1 Å². The highest BCUT2D eigenvalue weighted by molar-refractivity contribution is 6.30. The third-order valence-electron chi connectivity index (χ3n) is 4.89. The van der Waals surface area contributed by atoms with Crippen LogP contribution in [0, 0.1) is 0 Å². The van der Waals surface area contributed by atoms with Crippen LogP contribution in [0.2, 0.25) is 5.02 Å². The van der Waals surface area contributed by atoms with Gasteiger partial charge in [0.15, 0.2) is 0 Å². The quantitative estimate of drug-likeness (QED) is 0.574. The number of amides is 2. The summed E-state index contributed by atoms with van der Waals surface area (Å²) in [6.45, 7) is 3.72. The van der Waals surface area contributed by atoms with E-state index in [0.717, 1.165) is 18.4 Å². The average Bonchev–Trinajstić information content (AvgIpc) is 2.76. The van der Waals surface area contributed by atoms with E-state index in [9.17, 15) is 14.4 Å². The lowest BCUT2D eigenvalue weighted by Crippen LogP contribution is -2.37. The molecule has 2 amide bonds. The van der Waals surface area contributed by atoms with Gasteiger partial charge < -0.3 is 19.5 Å². The van der Waals surface area contributed by atoms with Gasteiger partial charge >= 0.3 is 0 Å². The number of unbranched alkanes of at least 4 members (excludes halogenated alkanes) is 1. The van der Waals surface area contributed by atoms with E-state index >= 15 is 0 Å². The van der Waals surface area contributed by atoms with Gasteiger partial charge in [-0.15, -0.1) is 0 Å². The fraction of sp³-hybridized carbons (Fsp3) is 0.435. The Morgan fingerprint density at radius 1 is 1.23 bits per heavy atom. The van der Waals surface area contributed by atoms with Crippen molar-refractivity contribution in [1.29, 1.82) is 0 Å². The number of nitrogens with one attached hydrogen (secondary N) is 1. The second kappa shape index (κ2) is 12.3. The molecule has 0 fully saturated rings. The van der Waals surface area contributed by atoms with Gasteiger partial charge in [-0.3, -0.25) is 14.4 Å². The molecule has 0 spiro atoms. The van der Waals surface area contributed by atoms with Crippen molar-refractivity contribution in [2.45, 2.75) is 32.7 Å². The molecule has 0 bridgehead atoms. The van der Waals surface area contributed by atoms with Gasteiger partial charge in [-0.25, -0.2) is 0 Å². The van der Waals surface area contributed by atoms with Crippen molar-refractivity contribution in [2.24, 2.45) is 0 Å². The van der Waals surface area contributed by atoms with Crippen molar-refractivity contribution in [3.63, 3.8) is 0 Å². The van der Waals surface area contributed by atoms with E-state index in [1.165, 1.54) is 17.3 Å². The monoisotopic (exact) mass is 447 g/mol. The summed E-state index contributed by atoms with van der Waals surface area (Å²) < 4.78 is 6.75. The molecule has 2 aromatic rings. The van der Waals surface area contributed by atoms with Crippen molar-refractivity contribution in [2.75, 3.05) is 33.9 Å². The van der Waals surface area contributed by atoms with Crippen LogP contribution >= 0.6 is 11.6 Å². The van der Waals surface area contributed by atoms with Crippen LogP contribution < -0.4 is 10.7 Å². The number of rotatable bonds is 11. The molecular weight excluding hydrogens is 418 g/mol. The van der Waals surface area contributed by atoms with Gasteiger partial charge in [-0.2, -0.15) is 0 Å². The number of aromatic nitrogens is 1. The molecule has 0 aliphatic carbocycles. The number of carbonyl (C=O) groups is 2. The Labute approximate surface area is 188 Å². The molecule has 1 N–H and O–H groups in total. The van der Waals surface area contributed by atoms with E-state index in [1.807, 2.05) is 25.1 Å². The molecule has 0 saturated carbocycles. The van der Waals surface area contributed by atoms with Crippen molar-refractivity contribution >= 4 is 23.4 Å². The van der Waals surface area contributed by atoms with Crippen molar-refractivity contribution in [1.82, 2.24) is 14.8 Å². The van der Waals surface area contributed by atoms with E-state index in [0.29, 0.717) is 37.7 Å². The number of halogens is 1. The SMILES string of the molecule is CCCCN(C)C(=O)c1cn(CCOC)cc(C(=O)NCCc2cccc(Cl)c2)c1=O. The van der Waals surface area contributed by atoms with Gasteiger partial charge in [-0.1, -0.05) is 37.1 Å². The first-order chi connectivity index (χ1) is 14.9. The average molecular weight is 448 g/mol. The normalized spacial score (nSPS) is 10.7. The smallest absolute Gasteiger partial charge is 0.259 e. The topological polar surface area (TPSA) is 80.6 Å². The minimum Gasteiger partial charge on any atom is -0.383 e. The Bertz CT molecular complexity index is 958. The maximum absolute atomic E-state index is 13.0. The highest BCUT2D eigenvalue weighted by atomic mass is 35.5. The number of pyridine rings is 1. The lowest BCUT2D eigenvalue weighted by molar-refractivity contribution is 0.0790. The molecule has 8 heteroatoms. The zero-order chi connectivity index (χ0) is 22.8. The van der Waals surface area contributed by atoms with Gasteiger partial charge in [-0.05, 0) is 30.5 Å². The largest absolute Gasteiger partial charge is 0.383 e. The van der Waals surface area contributed by atoms with Crippen LogP contribution in [0.5, 0.6) is 0 Å². The summed E-state index contributed by atoms with van der Waals surface area (Å²) in [6.07, 6.45) is 5.31. The van der Waals surface area contributed by atoms with Crippen LogP contribution in [-0.4, -0.2) is 55.1 Å². The molecule has 31 heavy (non-hydrogen) atoms. The number of carbonyl (C=O) groups excluding carboxylic acids is 2. The standard InChI is InChI=1S/C23H30ClN3O4/c1-4-5-11-26(2)23(30)20-16-27(12-13-31-3)15-19(21(20)28)22(29)25-10-9-17-7-6-8-18(24)14-17/h6-8,14-16H,4-5,9-13H2,1-3H3,(H,25,29). The van der Waals surface area contributed by atoms with Gasteiger partial charge in [0, 0.05) is 51.2 Å². The number of nitrogens with zero attached hydrogens (tertiary/aromatic N) is 2. The summed E-state index contributed by atoms with van der Waals surface area (Å²) in [6, 6.07) is 7.38. The molecule has 0 saturated heterocycles. The second-order valence-corrected chi connectivity index (χ2v) is 7.80. The third kappa shape index (κ3) is 7.22. The molecule has 2 rings (SSSR count). The fourth-order valence-electron chi connectivity index (χ4n) is 3.08. The molecule has 1 aromatic heterocycles. The Morgan fingerprint density at radius 2 is 1.97 bits per heavy atom. The van der Waals surface area contributed by atoms with Gasteiger partial charge in [0.05, 0.1) is 6.61 Å². The van der Waals surface area contributed by atoms with Crippen LogP contribution in [0.1, 0.15) is 46.0 Å². The predicted octanol–water partition coefficient (Wildman–Crippen LogP) is 2.99. The van der Waals surface area contributed by atoms with E-state index < -0.39 is 17.2 Å². The second-order valence-electron chi connectivity index (χ2n) is 7.36. The minimum atomic E-state index is -0.567. The van der Waals surface area contributed by atoms with Crippen molar-refractivity contribution in [3.8, 4) is 0 Å². The first-order valence-electron chi connectivity index (χ1n) is 10.4. The lowest BCUT2D eigenvalue weighted by atomic mass is 10.1. The molecule has 7 nitrogen and oxygen atoms in total. The highest BCUT2D eigenvalue weighted by Gasteiger charge is 2.21. The van der Waals surface area contributed by atoms with Crippen LogP contribution in [-0.2, 0) is 17.7 Å². The highest BCUT2D eigenvalue weighted by Crippen LogP contribution is 2.11.